The molecule has 0 fully saturated rings. The Labute approximate surface area is 125 Å². The number of benzene rings is 1. The Hall–Kier alpha value is -1.78. The minimum Gasteiger partial charge on any atom is -0.494 e. The number of furan rings is 1. The molecule has 4 nitrogen and oxygen atoms in total. The molecule has 4 heteroatoms. The van der Waals surface area contributed by atoms with Crippen molar-refractivity contribution in [3.63, 3.8) is 0 Å². The van der Waals surface area contributed by atoms with Crippen molar-refractivity contribution in [1.82, 2.24) is 0 Å². The SMILES string of the molecule is CCOc1ccc(C(CN)C(O)CCc2ccco2)cc1. The first-order valence-corrected chi connectivity index (χ1v) is 7.37. The average molecular weight is 289 g/mol. The van der Waals surface area contributed by atoms with Gasteiger partial charge in [-0.2, -0.15) is 0 Å². The Morgan fingerprint density at radius 2 is 2.00 bits per heavy atom. The zero-order chi connectivity index (χ0) is 15.1. The van der Waals surface area contributed by atoms with Crippen molar-refractivity contribution in [2.24, 2.45) is 5.73 Å². The van der Waals surface area contributed by atoms with Gasteiger partial charge >= 0.3 is 0 Å². The van der Waals surface area contributed by atoms with E-state index in [4.69, 9.17) is 14.9 Å². The highest BCUT2D eigenvalue weighted by Crippen LogP contribution is 2.24. The van der Waals surface area contributed by atoms with E-state index in [1.54, 1.807) is 6.26 Å². The molecule has 0 aliphatic heterocycles. The Kier molecular flexibility index (Phi) is 5.84. The maximum atomic E-state index is 10.4. The van der Waals surface area contributed by atoms with Gasteiger partial charge in [0.1, 0.15) is 11.5 Å². The van der Waals surface area contributed by atoms with Gasteiger partial charge in [0, 0.05) is 18.9 Å². The highest BCUT2D eigenvalue weighted by molar-refractivity contribution is 5.30. The normalized spacial score (nSPS) is 13.9. The number of hydrogen-bond donors (Lipinski definition) is 2. The second kappa shape index (κ2) is 7.86. The topological polar surface area (TPSA) is 68.6 Å². The molecule has 1 aromatic carbocycles. The highest BCUT2D eigenvalue weighted by atomic mass is 16.5. The highest BCUT2D eigenvalue weighted by Gasteiger charge is 2.20. The van der Waals surface area contributed by atoms with Crippen LogP contribution in [0.1, 0.15) is 30.6 Å². The lowest BCUT2D eigenvalue weighted by molar-refractivity contribution is 0.134. The van der Waals surface area contributed by atoms with Crippen LogP contribution in [0.2, 0.25) is 0 Å². The molecular weight excluding hydrogens is 266 g/mol. The number of rotatable bonds is 8. The first kappa shape index (κ1) is 15.6. The molecule has 1 heterocycles. The fraction of sp³-hybridized carbons (Fsp3) is 0.412. The minimum atomic E-state index is -0.488. The van der Waals surface area contributed by atoms with E-state index in [2.05, 4.69) is 0 Å². The predicted molar refractivity (Wildman–Crippen MR) is 82.4 cm³/mol. The van der Waals surface area contributed by atoms with Crippen molar-refractivity contribution in [3.8, 4) is 5.75 Å². The van der Waals surface area contributed by atoms with Crippen LogP contribution in [-0.2, 0) is 6.42 Å². The van der Waals surface area contributed by atoms with E-state index in [9.17, 15) is 5.11 Å². The van der Waals surface area contributed by atoms with Crippen LogP contribution in [0.3, 0.4) is 0 Å². The molecule has 0 radical (unpaired) electrons. The second-order valence-corrected chi connectivity index (χ2v) is 5.03. The molecule has 1 aromatic heterocycles. The van der Waals surface area contributed by atoms with Crippen molar-refractivity contribution < 1.29 is 14.3 Å². The second-order valence-electron chi connectivity index (χ2n) is 5.03. The zero-order valence-electron chi connectivity index (χ0n) is 12.4. The van der Waals surface area contributed by atoms with Gasteiger partial charge in [0.2, 0.25) is 0 Å². The molecule has 21 heavy (non-hydrogen) atoms. The molecule has 0 aliphatic carbocycles. The van der Waals surface area contributed by atoms with Crippen molar-refractivity contribution in [2.45, 2.75) is 31.8 Å². The Balaban J connectivity index is 1.97. The summed E-state index contributed by atoms with van der Waals surface area (Å²) in [7, 11) is 0. The molecule has 3 N–H and O–H groups in total. The van der Waals surface area contributed by atoms with E-state index in [1.807, 2.05) is 43.3 Å². The summed E-state index contributed by atoms with van der Waals surface area (Å²) in [5.74, 6) is 1.65. The molecule has 0 amide bonds. The lowest BCUT2D eigenvalue weighted by Gasteiger charge is -2.22. The van der Waals surface area contributed by atoms with Gasteiger partial charge in [-0.1, -0.05) is 12.1 Å². The largest absolute Gasteiger partial charge is 0.494 e. The van der Waals surface area contributed by atoms with Crippen molar-refractivity contribution >= 4 is 0 Å². The lowest BCUT2D eigenvalue weighted by Crippen LogP contribution is -2.26. The molecule has 0 saturated heterocycles. The minimum absolute atomic E-state index is 0.0735. The molecule has 0 spiro atoms. The van der Waals surface area contributed by atoms with Gasteiger partial charge in [0.15, 0.2) is 0 Å². The molecule has 2 unspecified atom stereocenters. The first-order valence-electron chi connectivity index (χ1n) is 7.37. The van der Waals surface area contributed by atoms with Gasteiger partial charge in [-0.15, -0.1) is 0 Å². The third kappa shape index (κ3) is 4.34. The van der Waals surface area contributed by atoms with Crippen molar-refractivity contribution in [1.29, 1.82) is 0 Å². The maximum absolute atomic E-state index is 10.4. The number of hydrogen-bond acceptors (Lipinski definition) is 4. The number of nitrogens with two attached hydrogens (primary N) is 1. The zero-order valence-corrected chi connectivity index (χ0v) is 12.4. The van der Waals surface area contributed by atoms with Crippen LogP contribution in [0, 0.1) is 0 Å². The summed E-state index contributed by atoms with van der Waals surface area (Å²) in [6.07, 6.45) is 2.50. The summed E-state index contributed by atoms with van der Waals surface area (Å²) >= 11 is 0. The summed E-state index contributed by atoms with van der Waals surface area (Å²) in [4.78, 5) is 0. The van der Waals surface area contributed by atoms with E-state index in [0.29, 0.717) is 26.0 Å². The summed E-state index contributed by atoms with van der Waals surface area (Å²) in [6, 6.07) is 11.5. The van der Waals surface area contributed by atoms with Crippen molar-refractivity contribution in [3.05, 3.63) is 54.0 Å². The molecular formula is C17H23NO3. The van der Waals surface area contributed by atoms with E-state index >= 15 is 0 Å². The molecule has 2 rings (SSSR count). The van der Waals surface area contributed by atoms with Gasteiger partial charge in [0.05, 0.1) is 19.0 Å². The first-order chi connectivity index (χ1) is 10.2. The Morgan fingerprint density at radius 1 is 1.24 bits per heavy atom. The van der Waals surface area contributed by atoms with Crippen LogP contribution in [-0.4, -0.2) is 24.4 Å². The maximum Gasteiger partial charge on any atom is 0.119 e. The summed E-state index contributed by atoms with van der Waals surface area (Å²) in [5, 5.41) is 10.4. The Bertz CT molecular complexity index is 507. The average Bonchev–Trinajstić information content (AvgIpc) is 3.01. The molecule has 2 atom stereocenters. The molecule has 0 saturated carbocycles. The molecule has 0 bridgehead atoms. The quantitative estimate of drug-likeness (QED) is 0.784. The Morgan fingerprint density at radius 3 is 2.57 bits per heavy atom. The fourth-order valence-electron chi connectivity index (χ4n) is 2.44. The summed E-state index contributed by atoms with van der Waals surface area (Å²) in [5.41, 5.74) is 6.87. The van der Waals surface area contributed by atoms with Gasteiger partial charge in [0.25, 0.3) is 0 Å². The van der Waals surface area contributed by atoms with Gasteiger partial charge in [-0.05, 0) is 43.2 Å². The third-order valence-corrected chi connectivity index (χ3v) is 3.60. The predicted octanol–water partition coefficient (Wildman–Crippen LogP) is 2.71. The molecule has 114 valence electrons. The van der Waals surface area contributed by atoms with Crippen molar-refractivity contribution in [2.75, 3.05) is 13.2 Å². The number of ether oxygens (including phenoxy) is 1. The molecule has 0 aliphatic rings. The van der Waals surface area contributed by atoms with Crippen LogP contribution in [0.15, 0.2) is 47.1 Å². The number of aliphatic hydroxyl groups excluding tert-OH is 1. The van der Waals surface area contributed by atoms with Gasteiger partial charge in [-0.25, -0.2) is 0 Å². The van der Waals surface area contributed by atoms with Gasteiger partial charge in [-0.3, -0.25) is 0 Å². The van der Waals surface area contributed by atoms with Crippen LogP contribution < -0.4 is 10.5 Å². The third-order valence-electron chi connectivity index (χ3n) is 3.60. The standard InChI is InChI=1S/C17H23NO3/c1-2-20-15-7-5-13(6-8-15)16(12-18)17(19)10-9-14-4-3-11-21-14/h3-8,11,16-17,19H,2,9-10,12,18H2,1H3. The van der Waals surface area contributed by atoms with Gasteiger partial charge < -0.3 is 20.0 Å². The van der Waals surface area contributed by atoms with E-state index in [1.165, 1.54) is 0 Å². The fourth-order valence-corrected chi connectivity index (χ4v) is 2.44. The van der Waals surface area contributed by atoms with Crippen LogP contribution in [0.25, 0.3) is 0 Å². The summed E-state index contributed by atoms with van der Waals surface area (Å²) < 4.78 is 10.7. The van der Waals surface area contributed by atoms with E-state index in [0.717, 1.165) is 17.1 Å². The monoisotopic (exact) mass is 289 g/mol. The van der Waals surface area contributed by atoms with Crippen LogP contribution >= 0.6 is 0 Å². The molecule has 2 aromatic rings. The van der Waals surface area contributed by atoms with Crippen LogP contribution in [0.4, 0.5) is 0 Å². The van der Waals surface area contributed by atoms with Crippen LogP contribution in [0.5, 0.6) is 5.75 Å². The smallest absolute Gasteiger partial charge is 0.119 e. The number of aryl methyl sites for hydroxylation is 1. The number of aliphatic hydroxyl groups is 1. The summed E-state index contributed by atoms with van der Waals surface area (Å²) in [6.45, 7) is 3.01. The van der Waals surface area contributed by atoms with E-state index in [-0.39, 0.29) is 5.92 Å². The van der Waals surface area contributed by atoms with E-state index < -0.39 is 6.10 Å². The lowest BCUT2D eigenvalue weighted by atomic mass is 9.90.